The van der Waals surface area contributed by atoms with Crippen LogP contribution in [0.15, 0.2) is 75.9 Å². The number of aromatic hydroxyl groups is 1. The van der Waals surface area contributed by atoms with E-state index >= 15 is 0 Å². The first kappa shape index (κ1) is 19.9. The van der Waals surface area contributed by atoms with Crippen LogP contribution < -0.4 is 5.63 Å². The molecule has 0 spiro atoms. The van der Waals surface area contributed by atoms with Gasteiger partial charge < -0.3 is 14.6 Å². The highest BCUT2D eigenvalue weighted by Crippen LogP contribution is 2.34. The molecule has 3 aromatic rings. The highest BCUT2D eigenvalue weighted by atomic mass is 16.4. The lowest BCUT2D eigenvalue weighted by Gasteiger charge is -2.19. The fourth-order valence-corrected chi connectivity index (χ4v) is 3.67. The van der Waals surface area contributed by atoms with Crippen LogP contribution in [-0.4, -0.2) is 16.8 Å². The second-order valence-electron chi connectivity index (χ2n) is 7.01. The SMILES string of the molecule is CCC(Cc1ccccc1)c1cc(O)c(C(CCO)c2ccccc2)c(=O)o1. The third-order valence-electron chi connectivity index (χ3n) is 5.17. The molecule has 4 nitrogen and oxygen atoms in total. The monoisotopic (exact) mass is 378 g/mol. The highest BCUT2D eigenvalue weighted by molar-refractivity contribution is 5.40. The van der Waals surface area contributed by atoms with Crippen LogP contribution in [0.2, 0.25) is 0 Å². The van der Waals surface area contributed by atoms with Crippen molar-refractivity contribution in [2.45, 2.75) is 38.0 Å². The van der Waals surface area contributed by atoms with E-state index in [0.717, 1.165) is 24.0 Å². The number of benzene rings is 2. The van der Waals surface area contributed by atoms with Crippen molar-refractivity contribution in [3.05, 3.63) is 99.6 Å². The van der Waals surface area contributed by atoms with Crippen molar-refractivity contribution in [1.82, 2.24) is 0 Å². The molecule has 0 aliphatic rings. The van der Waals surface area contributed by atoms with Gasteiger partial charge in [-0.15, -0.1) is 0 Å². The summed E-state index contributed by atoms with van der Waals surface area (Å²) in [5, 5.41) is 20.2. The lowest BCUT2D eigenvalue weighted by atomic mass is 9.88. The van der Waals surface area contributed by atoms with Crippen LogP contribution in [0.1, 0.15) is 54.1 Å². The van der Waals surface area contributed by atoms with Gasteiger partial charge >= 0.3 is 5.63 Å². The molecule has 146 valence electrons. The van der Waals surface area contributed by atoms with Crippen molar-refractivity contribution in [2.75, 3.05) is 6.61 Å². The van der Waals surface area contributed by atoms with Crippen molar-refractivity contribution in [1.29, 1.82) is 0 Å². The summed E-state index contributed by atoms with van der Waals surface area (Å²) in [6.45, 7) is 1.95. The van der Waals surface area contributed by atoms with Crippen molar-refractivity contribution in [2.24, 2.45) is 0 Å². The molecule has 4 heteroatoms. The van der Waals surface area contributed by atoms with E-state index in [1.54, 1.807) is 6.07 Å². The fraction of sp³-hybridized carbons (Fsp3) is 0.292. The second kappa shape index (κ2) is 9.38. The van der Waals surface area contributed by atoms with Crippen LogP contribution in [0.4, 0.5) is 0 Å². The predicted molar refractivity (Wildman–Crippen MR) is 110 cm³/mol. The van der Waals surface area contributed by atoms with E-state index in [0.29, 0.717) is 12.2 Å². The molecule has 2 N–H and O–H groups in total. The number of rotatable bonds is 8. The molecule has 0 aliphatic carbocycles. The van der Waals surface area contributed by atoms with E-state index in [1.807, 2.05) is 67.6 Å². The largest absolute Gasteiger partial charge is 0.507 e. The van der Waals surface area contributed by atoms with Crippen molar-refractivity contribution < 1.29 is 14.6 Å². The average Bonchev–Trinajstić information content (AvgIpc) is 2.72. The first-order valence-corrected chi connectivity index (χ1v) is 9.70. The molecular weight excluding hydrogens is 352 g/mol. The Labute approximate surface area is 165 Å². The van der Waals surface area contributed by atoms with Gasteiger partial charge in [0.2, 0.25) is 0 Å². The van der Waals surface area contributed by atoms with Crippen LogP contribution in [0.3, 0.4) is 0 Å². The topological polar surface area (TPSA) is 70.7 Å². The Kier molecular flexibility index (Phi) is 6.66. The molecular formula is C24H26O4. The van der Waals surface area contributed by atoms with Crippen LogP contribution in [0.25, 0.3) is 0 Å². The molecule has 0 saturated carbocycles. The molecule has 0 fully saturated rings. The van der Waals surface area contributed by atoms with Crippen LogP contribution in [0.5, 0.6) is 5.75 Å². The second-order valence-corrected chi connectivity index (χ2v) is 7.01. The van der Waals surface area contributed by atoms with Crippen LogP contribution in [0, 0.1) is 0 Å². The number of aliphatic hydroxyl groups excluding tert-OH is 1. The predicted octanol–water partition coefficient (Wildman–Crippen LogP) is 4.60. The van der Waals surface area contributed by atoms with Crippen molar-refractivity contribution in [3.63, 3.8) is 0 Å². The molecule has 3 rings (SSSR count). The number of hydrogen-bond acceptors (Lipinski definition) is 4. The summed E-state index contributed by atoms with van der Waals surface area (Å²) in [4.78, 5) is 12.8. The van der Waals surface area contributed by atoms with Gasteiger partial charge in [-0.3, -0.25) is 0 Å². The molecule has 0 bridgehead atoms. The molecule has 1 aromatic heterocycles. The van der Waals surface area contributed by atoms with Crippen LogP contribution >= 0.6 is 0 Å². The van der Waals surface area contributed by atoms with Gasteiger partial charge in [-0.25, -0.2) is 4.79 Å². The minimum atomic E-state index is -0.538. The molecule has 0 saturated heterocycles. The highest BCUT2D eigenvalue weighted by Gasteiger charge is 2.25. The maximum atomic E-state index is 12.8. The minimum absolute atomic E-state index is 0.00284. The minimum Gasteiger partial charge on any atom is -0.507 e. The Morgan fingerprint density at radius 2 is 1.64 bits per heavy atom. The van der Waals surface area contributed by atoms with Gasteiger partial charge in [0.05, 0.1) is 5.56 Å². The first-order chi connectivity index (χ1) is 13.6. The normalized spacial score (nSPS) is 13.2. The van der Waals surface area contributed by atoms with Gasteiger partial charge in [0.1, 0.15) is 11.5 Å². The molecule has 2 atom stereocenters. The quantitative estimate of drug-likeness (QED) is 0.601. The zero-order chi connectivity index (χ0) is 19.9. The van der Waals surface area contributed by atoms with Crippen molar-refractivity contribution >= 4 is 0 Å². The molecule has 0 aliphatic heterocycles. The summed E-state index contributed by atoms with van der Waals surface area (Å²) < 4.78 is 5.67. The maximum Gasteiger partial charge on any atom is 0.343 e. The number of hydrogen-bond donors (Lipinski definition) is 2. The van der Waals surface area contributed by atoms with E-state index in [-0.39, 0.29) is 23.8 Å². The van der Waals surface area contributed by atoms with Gasteiger partial charge in [-0.05, 0) is 30.4 Å². The molecule has 2 aromatic carbocycles. The van der Waals surface area contributed by atoms with E-state index in [2.05, 4.69) is 0 Å². The van der Waals surface area contributed by atoms with E-state index in [4.69, 9.17) is 4.42 Å². The van der Waals surface area contributed by atoms with E-state index in [9.17, 15) is 15.0 Å². The molecule has 2 unspecified atom stereocenters. The summed E-state index contributed by atoms with van der Waals surface area (Å²) in [6.07, 6.45) is 1.86. The Morgan fingerprint density at radius 1 is 1.00 bits per heavy atom. The Morgan fingerprint density at radius 3 is 2.21 bits per heavy atom. The zero-order valence-electron chi connectivity index (χ0n) is 16.0. The summed E-state index contributed by atoms with van der Waals surface area (Å²) >= 11 is 0. The Balaban J connectivity index is 1.96. The van der Waals surface area contributed by atoms with Crippen LogP contribution in [-0.2, 0) is 6.42 Å². The Bertz CT molecular complexity index is 932. The first-order valence-electron chi connectivity index (χ1n) is 9.70. The summed E-state index contributed by atoms with van der Waals surface area (Å²) in [5.74, 6) is 0.0160. The molecule has 0 radical (unpaired) electrons. The third-order valence-corrected chi connectivity index (χ3v) is 5.17. The molecule has 0 amide bonds. The lowest BCUT2D eigenvalue weighted by Crippen LogP contribution is -2.17. The summed E-state index contributed by atoms with van der Waals surface area (Å²) in [6, 6.07) is 21.0. The lowest BCUT2D eigenvalue weighted by molar-refractivity contribution is 0.278. The van der Waals surface area contributed by atoms with Gasteiger partial charge in [-0.2, -0.15) is 0 Å². The Hall–Kier alpha value is -2.85. The smallest absolute Gasteiger partial charge is 0.343 e. The maximum absolute atomic E-state index is 12.8. The third kappa shape index (κ3) is 4.52. The molecule has 28 heavy (non-hydrogen) atoms. The number of aliphatic hydroxyl groups is 1. The van der Waals surface area contributed by atoms with E-state index < -0.39 is 11.5 Å². The van der Waals surface area contributed by atoms with Crippen molar-refractivity contribution in [3.8, 4) is 5.75 Å². The standard InChI is InChI=1S/C24H26O4/c1-2-18(15-17-9-5-3-6-10-17)22-16-21(26)23(24(27)28-22)20(13-14-25)19-11-7-4-8-12-19/h3-12,16,18,20,25-26H,2,13-15H2,1H3. The van der Waals surface area contributed by atoms with Gasteiger partial charge in [0, 0.05) is 24.5 Å². The average molecular weight is 378 g/mol. The van der Waals surface area contributed by atoms with Gasteiger partial charge in [0.15, 0.2) is 0 Å². The summed E-state index contributed by atoms with van der Waals surface area (Å²) in [5.41, 5.74) is 1.69. The fourth-order valence-electron chi connectivity index (χ4n) is 3.67. The summed E-state index contributed by atoms with van der Waals surface area (Å²) in [7, 11) is 0. The zero-order valence-corrected chi connectivity index (χ0v) is 16.0. The van der Waals surface area contributed by atoms with E-state index in [1.165, 1.54) is 0 Å². The van der Waals surface area contributed by atoms with Gasteiger partial charge in [-0.1, -0.05) is 67.6 Å². The molecule has 1 heterocycles. The van der Waals surface area contributed by atoms with Gasteiger partial charge in [0.25, 0.3) is 0 Å².